The molecule has 0 aromatic heterocycles. The van der Waals surface area contributed by atoms with Gasteiger partial charge in [-0.1, -0.05) is 47.6 Å². The normalized spacial score (nSPS) is 11.8. The Morgan fingerprint density at radius 1 is 1.03 bits per heavy atom. The van der Waals surface area contributed by atoms with Crippen molar-refractivity contribution < 1.29 is 19.2 Å². The summed E-state index contributed by atoms with van der Waals surface area (Å²) >= 11 is 7.65. The van der Waals surface area contributed by atoms with Crippen molar-refractivity contribution in [2.45, 2.75) is 16.2 Å². The summed E-state index contributed by atoms with van der Waals surface area (Å²) in [6.45, 7) is -0.146. The van der Waals surface area contributed by atoms with Crippen LogP contribution in [0.4, 0.5) is 22.7 Å². The highest BCUT2D eigenvalue weighted by atomic mass is 35.5. The Kier molecular flexibility index (Phi) is 6.81. The largest absolute Gasteiger partial charge is 0.456 e. The van der Waals surface area contributed by atoms with Gasteiger partial charge in [-0.15, -0.1) is 0 Å². The van der Waals surface area contributed by atoms with Crippen molar-refractivity contribution in [3.05, 3.63) is 81.9 Å². The summed E-state index contributed by atoms with van der Waals surface area (Å²) in [5.74, 6) is -1.18. The monoisotopic (exact) mass is 483 g/mol. The van der Waals surface area contributed by atoms with E-state index in [0.29, 0.717) is 6.54 Å². The lowest BCUT2D eigenvalue weighted by atomic mass is 10.2. The van der Waals surface area contributed by atoms with Crippen LogP contribution in [0.25, 0.3) is 0 Å². The number of halogens is 1. The zero-order chi connectivity index (χ0) is 23.4. The van der Waals surface area contributed by atoms with Crippen LogP contribution in [0.15, 0.2) is 76.5 Å². The predicted octanol–water partition coefficient (Wildman–Crippen LogP) is 5.42. The predicted molar refractivity (Wildman–Crippen MR) is 126 cm³/mol. The van der Waals surface area contributed by atoms with Gasteiger partial charge >= 0.3 is 5.97 Å². The second-order valence-corrected chi connectivity index (χ2v) is 8.56. The molecule has 1 amide bonds. The molecule has 1 aliphatic rings. The fourth-order valence-electron chi connectivity index (χ4n) is 3.35. The molecule has 33 heavy (non-hydrogen) atoms. The maximum Gasteiger partial charge on any atom is 0.308 e. The average Bonchev–Trinajstić information content (AvgIpc) is 2.81. The molecule has 10 heteroatoms. The van der Waals surface area contributed by atoms with E-state index in [-0.39, 0.29) is 22.8 Å². The fourth-order valence-corrected chi connectivity index (χ4v) is 4.61. The van der Waals surface area contributed by atoms with Gasteiger partial charge in [0, 0.05) is 28.5 Å². The quantitative estimate of drug-likeness (QED) is 0.272. The van der Waals surface area contributed by atoms with Crippen molar-refractivity contribution in [3.63, 3.8) is 0 Å². The Hall–Kier alpha value is -3.56. The van der Waals surface area contributed by atoms with Crippen LogP contribution in [0.1, 0.15) is 6.42 Å². The van der Waals surface area contributed by atoms with Crippen molar-refractivity contribution in [1.29, 1.82) is 0 Å². The summed E-state index contributed by atoms with van der Waals surface area (Å²) < 4.78 is 5.10. The number of carbonyl (C=O) groups excluding carboxylic acids is 2. The first kappa shape index (κ1) is 22.6. The molecule has 0 saturated carbocycles. The number of ether oxygens (including phenoxy) is 1. The second kappa shape index (κ2) is 9.93. The molecule has 0 spiro atoms. The number of nitrogens with zero attached hydrogens (tertiary/aromatic N) is 2. The zero-order valence-electron chi connectivity index (χ0n) is 17.2. The van der Waals surface area contributed by atoms with E-state index in [1.165, 1.54) is 12.1 Å². The Morgan fingerprint density at radius 2 is 1.67 bits per heavy atom. The van der Waals surface area contributed by atoms with Crippen LogP contribution in [0, 0.1) is 10.1 Å². The van der Waals surface area contributed by atoms with Gasteiger partial charge in [0.05, 0.1) is 33.4 Å². The van der Waals surface area contributed by atoms with E-state index in [1.807, 2.05) is 48.5 Å². The summed E-state index contributed by atoms with van der Waals surface area (Å²) in [5, 5.41) is 13.5. The molecule has 4 rings (SSSR count). The van der Waals surface area contributed by atoms with Crippen LogP contribution in [-0.2, 0) is 14.3 Å². The highest BCUT2D eigenvalue weighted by Crippen LogP contribution is 2.47. The van der Waals surface area contributed by atoms with E-state index < -0.39 is 23.4 Å². The van der Waals surface area contributed by atoms with Gasteiger partial charge in [0.2, 0.25) is 0 Å². The number of nitro groups is 1. The topological polar surface area (TPSA) is 102 Å². The fraction of sp³-hybridized carbons (Fsp3) is 0.130. The number of carbonyl (C=O) groups is 2. The maximum atomic E-state index is 12.3. The van der Waals surface area contributed by atoms with Crippen LogP contribution >= 0.6 is 23.4 Å². The Labute approximate surface area is 198 Å². The lowest BCUT2D eigenvalue weighted by Crippen LogP contribution is -2.26. The van der Waals surface area contributed by atoms with E-state index >= 15 is 0 Å². The Balaban J connectivity index is 1.35. The van der Waals surface area contributed by atoms with Gasteiger partial charge in [-0.2, -0.15) is 0 Å². The van der Waals surface area contributed by atoms with Crippen molar-refractivity contribution in [2.75, 3.05) is 23.4 Å². The Bertz CT molecular complexity index is 1190. The van der Waals surface area contributed by atoms with Crippen LogP contribution in [0.5, 0.6) is 0 Å². The van der Waals surface area contributed by atoms with Crippen LogP contribution in [-0.4, -0.2) is 30.0 Å². The molecule has 8 nitrogen and oxygen atoms in total. The summed E-state index contributed by atoms with van der Waals surface area (Å²) in [5.41, 5.74) is 1.87. The number of anilines is 3. The van der Waals surface area contributed by atoms with Gasteiger partial charge in [0.25, 0.3) is 11.6 Å². The molecule has 0 bridgehead atoms. The van der Waals surface area contributed by atoms with Crippen molar-refractivity contribution >= 4 is 58.0 Å². The maximum absolute atomic E-state index is 12.3. The molecule has 1 heterocycles. The van der Waals surface area contributed by atoms with E-state index in [1.54, 1.807) is 11.8 Å². The minimum absolute atomic E-state index is 0.0676. The SMILES string of the molecule is O=C(COC(=O)CCN1c2ccccc2Sc2ccccc21)Nc1cc([N+](=O)[O-])ccc1Cl. The number of esters is 1. The number of fused-ring (bicyclic) bond motifs is 2. The number of para-hydroxylation sites is 2. The highest BCUT2D eigenvalue weighted by Gasteiger charge is 2.23. The molecule has 168 valence electrons. The lowest BCUT2D eigenvalue weighted by molar-refractivity contribution is -0.384. The minimum atomic E-state index is -0.643. The van der Waals surface area contributed by atoms with Gasteiger partial charge in [0.15, 0.2) is 6.61 Å². The Morgan fingerprint density at radius 3 is 2.30 bits per heavy atom. The van der Waals surface area contributed by atoms with Crippen molar-refractivity contribution in [2.24, 2.45) is 0 Å². The molecule has 0 saturated heterocycles. The molecule has 0 unspecified atom stereocenters. The van der Waals surface area contributed by atoms with Crippen molar-refractivity contribution in [1.82, 2.24) is 0 Å². The van der Waals surface area contributed by atoms with E-state index in [9.17, 15) is 19.7 Å². The summed E-state index contributed by atoms with van der Waals surface area (Å²) in [4.78, 5) is 39.0. The number of non-ortho nitro benzene ring substituents is 1. The lowest BCUT2D eigenvalue weighted by Gasteiger charge is -2.32. The molecule has 3 aromatic rings. The molecule has 0 aliphatic carbocycles. The van der Waals surface area contributed by atoms with E-state index in [0.717, 1.165) is 27.2 Å². The first-order chi connectivity index (χ1) is 15.9. The standard InChI is InChI=1S/C23H18ClN3O5S/c24-16-10-9-15(27(30)31)13-17(16)25-22(28)14-32-23(29)11-12-26-18-5-1-3-7-20(18)33-21-8-4-2-6-19(21)26/h1-10,13H,11-12,14H2,(H,25,28). The van der Waals surface area contributed by atoms with Crippen molar-refractivity contribution in [3.8, 4) is 0 Å². The third kappa shape index (κ3) is 5.27. The smallest absolute Gasteiger partial charge is 0.308 e. The second-order valence-electron chi connectivity index (χ2n) is 7.07. The minimum Gasteiger partial charge on any atom is -0.456 e. The van der Waals surface area contributed by atoms with Gasteiger partial charge in [-0.25, -0.2) is 0 Å². The van der Waals surface area contributed by atoms with Crippen LogP contribution in [0.2, 0.25) is 5.02 Å². The molecule has 0 fully saturated rings. The third-order valence-corrected chi connectivity index (χ3v) is 6.33. The highest BCUT2D eigenvalue weighted by molar-refractivity contribution is 7.99. The number of nitrogens with one attached hydrogen (secondary N) is 1. The van der Waals surface area contributed by atoms with Gasteiger partial charge in [0.1, 0.15) is 0 Å². The number of hydrogen-bond acceptors (Lipinski definition) is 7. The summed E-state index contributed by atoms with van der Waals surface area (Å²) in [6.07, 6.45) is 0.0676. The molecule has 1 aliphatic heterocycles. The summed E-state index contributed by atoms with van der Waals surface area (Å²) in [7, 11) is 0. The zero-order valence-corrected chi connectivity index (χ0v) is 18.8. The molecule has 0 atom stereocenters. The molecule has 0 radical (unpaired) electrons. The van der Waals surface area contributed by atoms with E-state index in [4.69, 9.17) is 16.3 Å². The number of benzene rings is 3. The molecule has 3 aromatic carbocycles. The summed E-state index contributed by atoms with van der Waals surface area (Å²) in [6, 6.07) is 19.6. The number of nitro benzene ring substituents is 1. The first-order valence-electron chi connectivity index (χ1n) is 9.95. The number of rotatable bonds is 7. The first-order valence-corrected chi connectivity index (χ1v) is 11.1. The van der Waals surface area contributed by atoms with E-state index in [2.05, 4.69) is 10.2 Å². The third-order valence-electron chi connectivity index (χ3n) is 4.87. The number of amides is 1. The van der Waals surface area contributed by atoms with Gasteiger partial charge in [-0.3, -0.25) is 19.7 Å². The van der Waals surface area contributed by atoms with Gasteiger partial charge in [-0.05, 0) is 30.3 Å². The van der Waals surface area contributed by atoms with Gasteiger partial charge < -0.3 is 15.0 Å². The number of hydrogen-bond donors (Lipinski definition) is 1. The molecular weight excluding hydrogens is 466 g/mol. The van der Waals surface area contributed by atoms with Crippen LogP contribution < -0.4 is 10.2 Å². The van der Waals surface area contributed by atoms with Crippen LogP contribution in [0.3, 0.4) is 0 Å². The molecular formula is C23H18ClN3O5S. The molecule has 1 N–H and O–H groups in total. The average molecular weight is 484 g/mol.